The first-order chi connectivity index (χ1) is 11.2. The second kappa shape index (κ2) is 13.8. The molecule has 0 amide bonds. The Morgan fingerprint density at radius 3 is 1.29 bits per heavy atom. The zero-order chi connectivity index (χ0) is 19.0. The van der Waals surface area contributed by atoms with Gasteiger partial charge in [-0.15, -0.1) is 0 Å². The van der Waals surface area contributed by atoms with Crippen molar-refractivity contribution in [3.63, 3.8) is 0 Å². The highest BCUT2D eigenvalue weighted by molar-refractivity contribution is 7.85. The lowest BCUT2D eigenvalue weighted by molar-refractivity contribution is 0.483. The van der Waals surface area contributed by atoms with Crippen LogP contribution in [0.15, 0.2) is 59.5 Å². The summed E-state index contributed by atoms with van der Waals surface area (Å²) in [6.07, 6.45) is 1.50. The van der Waals surface area contributed by atoms with Gasteiger partial charge < -0.3 is 0 Å². The summed E-state index contributed by atoms with van der Waals surface area (Å²) in [6, 6.07) is 15.9. The van der Waals surface area contributed by atoms with Crippen LogP contribution in [0.4, 0.5) is 0 Å². The zero-order valence-corrected chi connectivity index (χ0v) is 14.0. The molecule has 2 rings (SSSR count). The maximum atomic E-state index is 10.4. The van der Waals surface area contributed by atoms with E-state index in [1.54, 1.807) is 18.2 Å². The Balaban J connectivity index is 0. The molecule has 0 aromatic heterocycles. The van der Waals surface area contributed by atoms with Crippen molar-refractivity contribution in [2.75, 3.05) is 0 Å². The van der Waals surface area contributed by atoms with Gasteiger partial charge in [-0.25, -0.2) is 20.4 Å². The topological polar surface area (TPSA) is 136 Å². The molecular weight excluding hydrogens is 332 g/mol. The van der Waals surface area contributed by atoms with Gasteiger partial charge in [0.25, 0.3) is 10.1 Å². The molecule has 0 aliphatic rings. The Kier molecular flexibility index (Phi) is 13.4. The van der Waals surface area contributed by atoms with Gasteiger partial charge in [-0.05, 0) is 26.0 Å². The third-order valence-corrected chi connectivity index (χ3v) is 3.13. The molecule has 2 aromatic carbocycles. The van der Waals surface area contributed by atoms with Crippen molar-refractivity contribution in [1.82, 2.24) is 0 Å². The molecule has 7 nitrogen and oxygen atoms in total. The van der Waals surface area contributed by atoms with Gasteiger partial charge in [-0.2, -0.15) is 8.42 Å². The van der Waals surface area contributed by atoms with Crippen molar-refractivity contribution in [1.29, 1.82) is 10.8 Å². The van der Waals surface area contributed by atoms with E-state index in [0.29, 0.717) is 0 Å². The van der Waals surface area contributed by atoms with Crippen LogP contribution in [-0.4, -0.2) is 25.1 Å². The molecule has 24 heavy (non-hydrogen) atoms. The smallest absolute Gasteiger partial charge is 0.282 e. The Morgan fingerprint density at radius 2 is 1.08 bits per heavy atom. The molecule has 3 N–H and O–H groups in total. The predicted octanol–water partition coefficient (Wildman–Crippen LogP) is 3.04. The van der Waals surface area contributed by atoms with E-state index in [0.717, 1.165) is 12.2 Å². The Labute approximate surface area is 140 Å². The summed E-state index contributed by atoms with van der Waals surface area (Å²) in [5.74, 6) is 0. The summed E-state index contributed by atoms with van der Waals surface area (Å²) >= 11 is 0. The summed E-state index contributed by atoms with van der Waals surface area (Å²) in [7, 11) is -4.00. The number of carbonyl (C=O) groups excluding carboxylic acids is 2. The molecule has 0 atom stereocenters. The predicted molar refractivity (Wildman–Crippen MR) is 89.0 cm³/mol. The Morgan fingerprint density at radius 1 is 0.792 bits per heavy atom. The summed E-state index contributed by atoms with van der Waals surface area (Å²) in [4.78, 5) is 16.6. The highest BCUT2D eigenvalue weighted by Crippen LogP contribution is 2.05. The first-order valence-electron chi connectivity index (χ1n) is 6.36. The third kappa shape index (κ3) is 14.1. The van der Waals surface area contributed by atoms with Gasteiger partial charge in [0.15, 0.2) is 0 Å². The second-order valence-electron chi connectivity index (χ2n) is 4.15. The molecular formula is C16H18N2O5S. The fraction of sp³-hybridized carbons (Fsp3) is 0.125. The van der Waals surface area contributed by atoms with Crippen molar-refractivity contribution < 1.29 is 22.6 Å². The largest absolute Gasteiger partial charge is 0.294 e. The van der Waals surface area contributed by atoms with Crippen molar-refractivity contribution in [2.45, 2.75) is 18.7 Å². The SMILES string of the molecule is Cc1ccc(C)cc1.N=C=O.N=C=O.O=S(=O)(O)c1ccccc1. The maximum absolute atomic E-state index is 10.4. The van der Waals surface area contributed by atoms with E-state index in [-0.39, 0.29) is 4.90 Å². The molecule has 0 fully saturated rings. The number of hydrogen-bond donors (Lipinski definition) is 3. The van der Waals surface area contributed by atoms with E-state index in [1.807, 2.05) is 0 Å². The van der Waals surface area contributed by atoms with E-state index in [1.165, 1.54) is 23.3 Å². The Bertz CT molecular complexity index is 712. The molecule has 0 unspecified atom stereocenters. The average molecular weight is 350 g/mol. The molecule has 0 heterocycles. The van der Waals surface area contributed by atoms with E-state index >= 15 is 0 Å². The highest BCUT2D eigenvalue weighted by atomic mass is 32.2. The average Bonchev–Trinajstić information content (AvgIpc) is 2.53. The van der Waals surface area contributed by atoms with Gasteiger partial charge in [-0.3, -0.25) is 4.55 Å². The molecule has 0 saturated carbocycles. The Hall–Kier alpha value is -2.89. The minimum absolute atomic E-state index is 0.0741. The fourth-order valence-corrected chi connectivity index (χ4v) is 1.73. The normalized spacial score (nSPS) is 8.46. The first kappa shape index (κ1) is 23.4. The van der Waals surface area contributed by atoms with Crippen LogP contribution in [0.25, 0.3) is 0 Å². The van der Waals surface area contributed by atoms with Crippen LogP contribution < -0.4 is 0 Å². The van der Waals surface area contributed by atoms with E-state index in [4.69, 9.17) is 25.0 Å². The number of nitrogens with one attached hydrogen (secondary N) is 2. The van der Waals surface area contributed by atoms with Crippen LogP contribution in [0, 0.1) is 24.7 Å². The second-order valence-corrected chi connectivity index (χ2v) is 5.57. The number of benzene rings is 2. The summed E-state index contributed by atoms with van der Waals surface area (Å²) < 4.78 is 29.2. The molecule has 0 radical (unpaired) electrons. The van der Waals surface area contributed by atoms with Crippen molar-refractivity contribution in [3.05, 3.63) is 65.7 Å². The van der Waals surface area contributed by atoms with E-state index < -0.39 is 10.1 Å². The van der Waals surface area contributed by atoms with Gasteiger partial charge in [0.1, 0.15) is 0 Å². The zero-order valence-electron chi connectivity index (χ0n) is 13.2. The fourth-order valence-electron chi connectivity index (χ4n) is 1.23. The standard InChI is InChI=1S/C8H10.C6H6O3S.2CHNO/c1-7-3-5-8(2)6-4-7;7-10(8,9)6-4-2-1-3-5-6;2*2-1-3/h3-6H,1-2H3;1-5H,(H,7,8,9);2*2H. The molecule has 2 aromatic rings. The quantitative estimate of drug-likeness (QED) is 0.412. The van der Waals surface area contributed by atoms with Crippen LogP contribution in [0.5, 0.6) is 0 Å². The lowest BCUT2D eigenvalue weighted by Gasteiger charge is -1.92. The lowest BCUT2D eigenvalue weighted by atomic mass is 10.2. The molecule has 0 aliphatic carbocycles. The third-order valence-electron chi connectivity index (χ3n) is 2.26. The van der Waals surface area contributed by atoms with Crippen LogP contribution in [-0.2, 0) is 19.7 Å². The minimum atomic E-state index is -4.00. The van der Waals surface area contributed by atoms with Crippen molar-refractivity contribution in [2.24, 2.45) is 0 Å². The summed E-state index contributed by atoms with van der Waals surface area (Å²) in [5, 5.41) is 10.8. The van der Waals surface area contributed by atoms with E-state index in [9.17, 15) is 8.42 Å². The molecule has 0 aliphatic heterocycles. The van der Waals surface area contributed by atoms with E-state index in [2.05, 4.69) is 38.1 Å². The summed E-state index contributed by atoms with van der Waals surface area (Å²) in [6.45, 7) is 4.19. The van der Waals surface area contributed by atoms with Crippen LogP contribution in [0.3, 0.4) is 0 Å². The van der Waals surface area contributed by atoms with Crippen LogP contribution in [0.1, 0.15) is 11.1 Å². The molecule has 0 spiro atoms. The number of rotatable bonds is 1. The monoisotopic (exact) mass is 350 g/mol. The first-order valence-corrected chi connectivity index (χ1v) is 7.80. The van der Waals surface area contributed by atoms with Crippen molar-refractivity contribution in [3.8, 4) is 0 Å². The van der Waals surface area contributed by atoms with Gasteiger partial charge in [0.2, 0.25) is 12.2 Å². The highest BCUT2D eigenvalue weighted by Gasteiger charge is 2.05. The molecule has 128 valence electrons. The molecule has 8 heteroatoms. The van der Waals surface area contributed by atoms with Gasteiger partial charge in [0.05, 0.1) is 4.90 Å². The molecule has 0 bridgehead atoms. The van der Waals surface area contributed by atoms with Gasteiger partial charge >= 0.3 is 0 Å². The number of isocyanates is 2. The summed E-state index contributed by atoms with van der Waals surface area (Å²) in [5.41, 5.74) is 2.66. The van der Waals surface area contributed by atoms with Gasteiger partial charge in [-0.1, -0.05) is 53.6 Å². The number of hydrogen-bond acceptors (Lipinski definition) is 6. The van der Waals surface area contributed by atoms with Gasteiger partial charge in [0, 0.05) is 0 Å². The minimum Gasteiger partial charge on any atom is -0.282 e. The van der Waals surface area contributed by atoms with Crippen molar-refractivity contribution >= 4 is 22.3 Å². The van der Waals surface area contributed by atoms with Crippen LogP contribution >= 0.6 is 0 Å². The molecule has 0 saturated heterocycles. The lowest BCUT2D eigenvalue weighted by Crippen LogP contribution is -1.96. The van der Waals surface area contributed by atoms with Crippen LogP contribution in [0.2, 0.25) is 0 Å². The number of aryl methyl sites for hydroxylation is 2. The maximum Gasteiger partial charge on any atom is 0.294 e.